The Morgan fingerprint density at radius 3 is 2.58 bits per heavy atom. The first-order valence-corrected chi connectivity index (χ1v) is 5.43. The van der Waals surface area contributed by atoms with Crippen molar-refractivity contribution in [2.75, 3.05) is 0 Å². The summed E-state index contributed by atoms with van der Waals surface area (Å²) in [7, 11) is 0. The first kappa shape index (κ1) is 13.1. The monoisotopic (exact) mass is 264 g/mol. The van der Waals surface area contributed by atoms with Crippen LogP contribution in [-0.4, -0.2) is 6.21 Å². The normalized spacial score (nSPS) is 10.9. The van der Waals surface area contributed by atoms with Crippen molar-refractivity contribution in [2.24, 2.45) is 5.16 Å². The third-order valence-electron chi connectivity index (χ3n) is 2.33. The van der Waals surface area contributed by atoms with Gasteiger partial charge in [0.2, 0.25) is 0 Å². The molecule has 0 aliphatic carbocycles. The minimum absolute atomic E-state index is 0.0269. The van der Waals surface area contributed by atoms with E-state index in [4.69, 9.17) is 4.84 Å². The number of benzene rings is 2. The summed E-state index contributed by atoms with van der Waals surface area (Å²) in [5.41, 5.74) is 0.154. The Morgan fingerprint density at radius 1 is 1.00 bits per heavy atom. The van der Waals surface area contributed by atoms with Crippen molar-refractivity contribution in [1.82, 2.24) is 0 Å². The van der Waals surface area contributed by atoms with Crippen molar-refractivity contribution in [2.45, 2.75) is 6.61 Å². The van der Waals surface area contributed by atoms with E-state index in [0.29, 0.717) is 0 Å². The van der Waals surface area contributed by atoms with E-state index in [1.807, 2.05) is 0 Å². The standard InChI is InChI=1S/C14H9F3NO/c15-12-5-6-14(17)11(7-12)9-19-18-8-10-3-1-2-4-13(10)16/h1-7H,9H2. The Balaban J connectivity index is 1.97. The summed E-state index contributed by atoms with van der Waals surface area (Å²) < 4.78 is 39.2. The van der Waals surface area contributed by atoms with Crippen LogP contribution in [0.4, 0.5) is 13.2 Å². The van der Waals surface area contributed by atoms with E-state index in [0.717, 1.165) is 18.2 Å². The Bertz CT molecular complexity index is 599. The van der Waals surface area contributed by atoms with Crippen LogP contribution in [0.1, 0.15) is 11.1 Å². The van der Waals surface area contributed by atoms with Gasteiger partial charge in [-0.05, 0) is 30.3 Å². The van der Waals surface area contributed by atoms with E-state index in [-0.39, 0.29) is 17.7 Å². The zero-order chi connectivity index (χ0) is 13.7. The molecule has 0 bridgehead atoms. The molecule has 0 atom stereocenters. The highest BCUT2D eigenvalue weighted by molar-refractivity contribution is 5.79. The largest absolute Gasteiger partial charge is 0.390 e. The molecule has 0 aliphatic heterocycles. The highest BCUT2D eigenvalue weighted by atomic mass is 19.1. The summed E-state index contributed by atoms with van der Waals surface area (Å²) in [4.78, 5) is 4.76. The lowest BCUT2D eigenvalue weighted by molar-refractivity contribution is 0.129. The fraction of sp³-hybridized carbons (Fsp3) is 0.0714. The smallest absolute Gasteiger partial charge is 0.145 e. The van der Waals surface area contributed by atoms with Crippen LogP contribution >= 0.6 is 0 Å². The lowest BCUT2D eigenvalue weighted by atomic mass is 10.2. The number of rotatable bonds is 4. The lowest BCUT2D eigenvalue weighted by Crippen LogP contribution is -1.94. The Kier molecular flexibility index (Phi) is 4.18. The van der Waals surface area contributed by atoms with Crippen LogP contribution in [0.15, 0.2) is 47.6 Å². The van der Waals surface area contributed by atoms with Gasteiger partial charge in [0.25, 0.3) is 0 Å². The van der Waals surface area contributed by atoms with Crippen LogP contribution in [0, 0.1) is 17.5 Å². The van der Waals surface area contributed by atoms with Gasteiger partial charge in [0.05, 0.1) is 0 Å². The van der Waals surface area contributed by atoms with Crippen LogP contribution in [0.3, 0.4) is 0 Å². The van der Waals surface area contributed by atoms with Crippen molar-refractivity contribution < 1.29 is 18.0 Å². The van der Waals surface area contributed by atoms with Crippen LogP contribution in [-0.2, 0) is 11.4 Å². The molecule has 1 radical (unpaired) electrons. The third kappa shape index (κ3) is 3.58. The minimum Gasteiger partial charge on any atom is -0.390 e. The quantitative estimate of drug-likeness (QED) is 0.611. The molecule has 5 heteroatoms. The second-order valence-electron chi connectivity index (χ2n) is 3.69. The summed E-state index contributed by atoms with van der Waals surface area (Å²) in [5.74, 6) is -1.66. The molecule has 19 heavy (non-hydrogen) atoms. The summed E-state index contributed by atoms with van der Waals surface area (Å²) >= 11 is 0. The Morgan fingerprint density at radius 2 is 1.79 bits per heavy atom. The Hall–Kier alpha value is -2.30. The van der Waals surface area contributed by atoms with E-state index in [2.05, 4.69) is 11.4 Å². The van der Waals surface area contributed by atoms with Crippen LogP contribution in [0.5, 0.6) is 0 Å². The van der Waals surface area contributed by atoms with Crippen molar-refractivity contribution >= 4 is 6.21 Å². The molecule has 97 valence electrons. The van der Waals surface area contributed by atoms with Gasteiger partial charge < -0.3 is 4.84 Å². The van der Waals surface area contributed by atoms with E-state index < -0.39 is 17.5 Å². The van der Waals surface area contributed by atoms with Crippen LogP contribution in [0.2, 0.25) is 0 Å². The molecule has 0 amide bonds. The van der Waals surface area contributed by atoms with Gasteiger partial charge in [-0.1, -0.05) is 17.3 Å². The number of nitrogens with zero attached hydrogens (tertiary/aromatic N) is 1. The fourth-order valence-electron chi connectivity index (χ4n) is 1.39. The van der Waals surface area contributed by atoms with E-state index in [9.17, 15) is 13.2 Å². The van der Waals surface area contributed by atoms with E-state index in [1.165, 1.54) is 18.2 Å². The molecule has 2 aromatic carbocycles. The predicted molar refractivity (Wildman–Crippen MR) is 64.1 cm³/mol. The molecule has 0 unspecified atom stereocenters. The van der Waals surface area contributed by atoms with Crippen molar-refractivity contribution in [3.63, 3.8) is 0 Å². The van der Waals surface area contributed by atoms with Crippen molar-refractivity contribution in [1.29, 1.82) is 0 Å². The molecule has 0 heterocycles. The number of hydrogen-bond acceptors (Lipinski definition) is 2. The first-order chi connectivity index (χ1) is 9.16. The average molecular weight is 264 g/mol. The molecule has 0 N–H and O–H groups in total. The summed E-state index contributed by atoms with van der Waals surface area (Å²) in [5, 5.41) is 3.39. The zero-order valence-corrected chi connectivity index (χ0v) is 9.74. The molecule has 2 aromatic rings. The lowest BCUT2D eigenvalue weighted by Gasteiger charge is -2.01. The fourth-order valence-corrected chi connectivity index (χ4v) is 1.39. The van der Waals surface area contributed by atoms with Crippen LogP contribution in [0.25, 0.3) is 0 Å². The zero-order valence-electron chi connectivity index (χ0n) is 9.74. The maximum atomic E-state index is 13.2. The molecule has 0 aliphatic rings. The summed E-state index contributed by atoms with van der Waals surface area (Å²) in [6.45, 7) is -0.259. The first-order valence-electron chi connectivity index (χ1n) is 5.43. The van der Waals surface area contributed by atoms with E-state index in [1.54, 1.807) is 6.07 Å². The van der Waals surface area contributed by atoms with Gasteiger partial charge in [0, 0.05) is 11.1 Å². The average Bonchev–Trinajstić information content (AvgIpc) is 2.40. The highest BCUT2D eigenvalue weighted by Crippen LogP contribution is 2.11. The van der Waals surface area contributed by atoms with Gasteiger partial charge in [0.1, 0.15) is 30.3 Å². The van der Waals surface area contributed by atoms with Gasteiger partial charge >= 0.3 is 0 Å². The second-order valence-corrected chi connectivity index (χ2v) is 3.69. The topological polar surface area (TPSA) is 21.6 Å². The highest BCUT2D eigenvalue weighted by Gasteiger charge is 2.04. The maximum absolute atomic E-state index is 13.2. The maximum Gasteiger partial charge on any atom is 0.145 e. The molecule has 0 aromatic heterocycles. The molecule has 0 saturated heterocycles. The van der Waals surface area contributed by atoms with E-state index >= 15 is 0 Å². The molecular weight excluding hydrogens is 255 g/mol. The van der Waals surface area contributed by atoms with Gasteiger partial charge in [0.15, 0.2) is 0 Å². The SMILES string of the molecule is Fc1ccc(F)c(CO/N=[C]\c2ccccc2F)c1. The van der Waals surface area contributed by atoms with Crippen molar-refractivity contribution in [3.8, 4) is 0 Å². The molecule has 2 rings (SSSR count). The molecular formula is C14H9F3NO. The van der Waals surface area contributed by atoms with Gasteiger partial charge in [-0.25, -0.2) is 13.2 Å². The number of halogens is 3. The summed E-state index contributed by atoms with van der Waals surface area (Å²) in [6.07, 6.45) is 2.33. The van der Waals surface area contributed by atoms with Crippen LogP contribution < -0.4 is 0 Å². The third-order valence-corrected chi connectivity index (χ3v) is 2.33. The van der Waals surface area contributed by atoms with Crippen molar-refractivity contribution in [3.05, 3.63) is 71.0 Å². The molecule has 0 spiro atoms. The molecule has 0 fully saturated rings. The van der Waals surface area contributed by atoms with Gasteiger partial charge in [-0.3, -0.25) is 0 Å². The molecule has 2 nitrogen and oxygen atoms in total. The minimum atomic E-state index is -0.595. The predicted octanol–water partition coefficient (Wildman–Crippen LogP) is 3.53. The van der Waals surface area contributed by atoms with Gasteiger partial charge in [-0.2, -0.15) is 0 Å². The number of hydrogen-bond donors (Lipinski definition) is 0. The Labute approximate surface area is 108 Å². The summed E-state index contributed by atoms with van der Waals surface area (Å²) in [6, 6.07) is 8.88. The van der Waals surface area contributed by atoms with Gasteiger partial charge in [-0.15, -0.1) is 0 Å². The molecule has 0 saturated carbocycles. The second kappa shape index (κ2) is 6.04.